The molecule has 3 aliphatic rings. The van der Waals surface area contributed by atoms with E-state index in [9.17, 15) is 5.11 Å². The highest BCUT2D eigenvalue weighted by atomic mass is 16.3. The van der Waals surface area contributed by atoms with Gasteiger partial charge in [-0.05, 0) is 24.8 Å². The van der Waals surface area contributed by atoms with Gasteiger partial charge in [0.2, 0.25) is 0 Å². The summed E-state index contributed by atoms with van der Waals surface area (Å²) in [5.74, 6) is 2.44. The summed E-state index contributed by atoms with van der Waals surface area (Å²) in [7, 11) is 0. The summed E-state index contributed by atoms with van der Waals surface area (Å²) in [6.07, 6.45) is 5.61. The van der Waals surface area contributed by atoms with Crippen LogP contribution < -0.4 is 10.2 Å². The minimum Gasteiger partial charge on any atom is -0.396 e. The zero-order chi connectivity index (χ0) is 18.7. The quantitative estimate of drug-likeness (QED) is 0.656. The van der Waals surface area contributed by atoms with E-state index in [-0.39, 0.29) is 12.0 Å². The largest absolute Gasteiger partial charge is 0.396 e. The molecule has 1 saturated heterocycles. The molecule has 28 heavy (non-hydrogen) atoms. The van der Waals surface area contributed by atoms with Crippen molar-refractivity contribution in [3.8, 4) is 11.4 Å². The number of nitrogens with zero attached hydrogens (tertiary/aromatic N) is 3. The van der Waals surface area contributed by atoms with Crippen LogP contribution in [0.15, 0.2) is 30.5 Å². The van der Waals surface area contributed by atoms with E-state index in [4.69, 9.17) is 9.97 Å². The number of aliphatic hydroxyl groups is 1. The highest BCUT2D eigenvalue weighted by Crippen LogP contribution is 2.49. The molecule has 0 radical (unpaired) electrons. The smallest absolute Gasteiger partial charge is 0.163 e. The predicted molar refractivity (Wildman–Crippen MR) is 109 cm³/mol. The third-order valence-electron chi connectivity index (χ3n) is 7.15. The lowest BCUT2D eigenvalue weighted by Gasteiger charge is -2.27. The van der Waals surface area contributed by atoms with Crippen LogP contribution in [0, 0.1) is 11.3 Å². The first-order chi connectivity index (χ1) is 13.8. The Balaban J connectivity index is 1.46. The van der Waals surface area contributed by atoms with E-state index >= 15 is 0 Å². The van der Waals surface area contributed by atoms with Gasteiger partial charge in [0.05, 0.1) is 12.3 Å². The molecule has 0 spiro atoms. The number of H-pyrrole nitrogens is 1. The van der Waals surface area contributed by atoms with Crippen LogP contribution in [-0.2, 0) is 13.1 Å². The fourth-order valence-corrected chi connectivity index (χ4v) is 5.62. The molecule has 1 aromatic carbocycles. The monoisotopic (exact) mass is 375 g/mol. The first-order valence-electron chi connectivity index (χ1n) is 10.3. The minimum absolute atomic E-state index is 0.0603. The molecule has 3 N–H and O–H groups in total. The number of aromatic amines is 1. The summed E-state index contributed by atoms with van der Waals surface area (Å²) < 4.78 is 0. The number of nitrogens with one attached hydrogen (secondary N) is 2. The van der Waals surface area contributed by atoms with E-state index < -0.39 is 0 Å². The highest BCUT2D eigenvalue weighted by Gasteiger charge is 2.49. The number of aliphatic hydroxyl groups excluding tert-OH is 1. The highest BCUT2D eigenvalue weighted by molar-refractivity contribution is 5.93. The maximum Gasteiger partial charge on any atom is 0.163 e. The van der Waals surface area contributed by atoms with Gasteiger partial charge in [-0.25, -0.2) is 9.97 Å². The van der Waals surface area contributed by atoms with Gasteiger partial charge in [0.1, 0.15) is 5.82 Å². The van der Waals surface area contributed by atoms with Crippen LogP contribution in [-0.4, -0.2) is 39.8 Å². The fraction of sp³-hybridized carbons (Fsp3) is 0.455. The van der Waals surface area contributed by atoms with Gasteiger partial charge in [0, 0.05) is 59.8 Å². The molecule has 0 unspecified atom stereocenters. The summed E-state index contributed by atoms with van der Waals surface area (Å²) in [6.45, 7) is 3.81. The molecule has 1 saturated carbocycles. The first kappa shape index (κ1) is 16.5. The van der Waals surface area contributed by atoms with Crippen LogP contribution >= 0.6 is 0 Å². The van der Waals surface area contributed by atoms with Crippen LogP contribution in [0.4, 0.5) is 5.82 Å². The van der Waals surface area contributed by atoms with E-state index in [0.717, 1.165) is 66.4 Å². The maximum atomic E-state index is 10.1. The lowest BCUT2D eigenvalue weighted by Crippen LogP contribution is -2.31. The Kier molecular flexibility index (Phi) is 3.55. The average Bonchev–Trinajstić information content (AvgIpc) is 3.47. The van der Waals surface area contributed by atoms with Gasteiger partial charge in [0.15, 0.2) is 5.82 Å². The molecule has 2 aliphatic heterocycles. The van der Waals surface area contributed by atoms with Crippen molar-refractivity contribution in [2.45, 2.75) is 32.4 Å². The predicted octanol–water partition coefficient (Wildman–Crippen LogP) is 2.83. The number of hydrogen-bond acceptors (Lipinski definition) is 5. The fourth-order valence-electron chi connectivity index (χ4n) is 5.62. The Hall–Kier alpha value is -2.44. The molecule has 0 amide bonds. The zero-order valence-electron chi connectivity index (χ0n) is 15.9. The van der Waals surface area contributed by atoms with Gasteiger partial charge in [-0.1, -0.05) is 24.6 Å². The molecule has 2 aromatic heterocycles. The second-order valence-electron chi connectivity index (χ2n) is 8.64. The molecule has 6 nitrogen and oxygen atoms in total. The number of hydrogen-bond donors (Lipinski definition) is 3. The lowest BCUT2D eigenvalue weighted by atomic mass is 9.82. The van der Waals surface area contributed by atoms with Crippen molar-refractivity contribution in [2.75, 3.05) is 24.6 Å². The second-order valence-corrected chi connectivity index (χ2v) is 8.64. The minimum atomic E-state index is 0.0603. The Morgan fingerprint density at radius 3 is 3.04 bits per heavy atom. The summed E-state index contributed by atoms with van der Waals surface area (Å²) in [4.78, 5) is 15.8. The van der Waals surface area contributed by atoms with E-state index in [1.807, 2.05) is 12.3 Å². The van der Waals surface area contributed by atoms with E-state index in [1.54, 1.807) is 0 Å². The van der Waals surface area contributed by atoms with E-state index in [0.29, 0.717) is 5.92 Å². The number of aromatic nitrogens is 3. The molecule has 6 heteroatoms. The number of rotatable bonds is 3. The Labute approximate surface area is 164 Å². The van der Waals surface area contributed by atoms with Gasteiger partial charge < -0.3 is 20.3 Å². The molecular weight excluding hydrogens is 350 g/mol. The number of fused-ring (bicyclic) bond motifs is 3. The molecule has 1 aliphatic carbocycles. The SMILES string of the molecule is OC[C@]12CCC[C@H]1CN(c1nc(-c3c[nH]c4ccccc34)nc3c1CNC3)C2. The number of anilines is 1. The summed E-state index contributed by atoms with van der Waals surface area (Å²) >= 11 is 0. The van der Waals surface area contributed by atoms with Gasteiger partial charge in [-0.2, -0.15) is 0 Å². The number of para-hydroxylation sites is 1. The third kappa shape index (κ3) is 2.28. The average molecular weight is 375 g/mol. The molecule has 6 rings (SSSR count). The number of benzene rings is 1. The van der Waals surface area contributed by atoms with Gasteiger partial charge >= 0.3 is 0 Å². The second kappa shape index (κ2) is 6.03. The molecule has 4 heterocycles. The van der Waals surface area contributed by atoms with Crippen LogP contribution in [0.2, 0.25) is 0 Å². The summed E-state index contributed by atoms with van der Waals surface area (Å²) in [5.41, 5.74) is 4.57. The van der Waals surface area contributed by atoms with E-state index in [1.165, 1.54) is 18.4 Å². The maximum absolute atomic E-state index is 10.1. The van der Waals surface area contributed by atoms with Crippen LogP contribution in [0.1, 0.15) is 30.5 Å². The standard InChI is InChI=1S/C22H25N5O/c28-13-22-7-3-4-14(22)11-27(12-22)21-17-8-23-10-19(17)25-20(26-21)16-9-24-18-6-2-1-5-15(16)18/h1-2,5-6,9,14,23-24,28H,3-4,7-8,10-13H2/t14-,22+/m0/s1. The molecule has 2 atom stereocenters. The molecular formula is C22H25N5O. The normalized spacial score (nSPS) is 26.2. The molecule has 0 bridgehead atoms. The van der Waals surface area contributed by atoms with E-state index in [2.05, 4.69) is 33.4 Å². The molecule has 3 aromatic rings. The van der Waals surface area contributed by atoms with Crippen LogP contribution in [0.5, 0.6) is 0 Å². The topological polar surface area (TPSA) is 77.1 Å². The van der Waals surface area contributed by atoms with Crippen LogP contribution in [0.3, 0.4) is 0 Å². The summed E-state index contributed by atoms with van der Waals surface area (Å²) in [5, 5.41) is 14.7. The van der Waals surface area contributed by atoms with Crippen molar-refractivity contribution >= 4 is 16.7 Å². The van der Waals surface area contributed by atoms with Crippen molar-refractivity contribution in [3.05, 3.63) is 41.7 Å². The van der Waals surface area contributed by atoms with Gasteiger partial charge in [0.25, 0.3) is 0 Å². The van der Waals surface area contributed by atoms with Crippen molar-refractivity contribution in [3.63, 3.8) is 0 Å². The lowest BCUT2D eigenvalue weighted by molar-refractivity contribution is 0.121. The molecule has 144 valence electrons. The van der Waals surface area contributed by atoms with Crippen molar-refractivity contribution < 1.29 is 5.11 Å². The Morgan fingerprint density at radius 1 is 1.21 bits per heavy atom. The van der Waals surface area contributed by atoms with Crippen molar-refractivity contribution in [1.29, 1.82) is 0 Å². The Morgan fingerprint density at radius 2 is 2.14 bits per heavy atom. The first-order valence-corrected chi connectivity index (χ1v) is 10.3. The van der Waals surface area contributed by atoms with Crippen molar-refractivity contribution in [2.24, 2.45) is 11.3 Å². The zero-order valence-corrected chi connectivity index (χ0v) is 15.9. The van der Waals surface area contributed by atoms with Gasteiger partial charge in [-0.15, -0.1) is 0 Å². The van der Waals surface area contributed by atoms with Gasteiger partial charge in [-0.3, -0.25) is 0 Å². The Bertz CT molecular complexity index is 1060. The van der Waals surface area contributed by atoms with Crippen LogP contribution in [0.25, 0.3) is 22.3 Å². The summed E-state index contributed by atoms with van der Waals surface area (Å²) in [6, 6.07) is 8.30. The molecule has 2 fully saturated rings. The third-order valence-corrected chi connectivity index (χ3v) is 7.15. The van der Waals surface area contributed by atoms with Crippen molar-refractivity contribution in [1.82, 2.24) is 20.3 Å².